The summed E-state index contributed by atoms with van der Waals surface area (Å²) < 4.78 is 0. The van der Waals surface area contributed by atoms with Crippen molar-refractivity contribution in [1.82, 2.24) is 14.7 Å². The van der Waals surface area contributed by atoms with Crippen molar-refractivity contribution in [1.29, 1.82) is 5.26 Å². The number of carbonyl (C=O) groups is 1. The van der Waals surface area contributed by atoms with Crippen LogP contribution in [-0.2, 0) is 4.79 Å². The summed E-state index contributed by atoms with van der Waals surface area (Å²) in [5, 5.41) is 19.0. The van der Waals surface area contributed by atoms with Crippen LogP contribution in [0.25, 0.3) is 0 Å². The first kappa shape index (κ1) is 19.4. The van der Waals surface area contributed by atoms with Crippen LogP contribution in [0, 0.1) is 11.3 Å². The average molecular weight is 344 g/mol. The highest BCUT2D eigenvalue weighted by atomic mass is 16.3. The van der Waals surface area contributed by atoms with Crippen LogP contribution in [0.4, 0.5) is 0 Å². The number of likely N-dealkylation sites (N-methyl/N-ethyl adjacent to an activating group) is 1. The number of aliphatic hydroxyl groups is 1. The molecule has 6 heteroatoms. The van der Waals surface area contributed by atoms with Gasteiger partial charge in [0.2, 0.25) is 5.91 Å². The Morgan fingerprint density at radius 2 is 2.12 bits per heavy atom. The number of nitrogens with zero attached hydrogens (tertiary/aromatic N) is 4. The number of hydrogen-bond donors (Lipinski definition) is 1. The van der Waals surface area contributed by atoms with Crippen LogP contribution in [0.3, 0.4) is 0 Å². The van der Waals surface area contributed by atoms with E-state index in [1.165, 1.54) is 0 Å². The first-order chi connectivity index (χ1) is 12.0. The van der Waals surface area contributed by atoms with Crippen molar-refractivity contribution >= 4 is 5.91 Å². The van der Waals surface area contributed by atoms with Gasteiger partial charge in [-0.3, -0.25) is 14.6 Å². The summed E-state index contributed by atoms with van der Waals surface area (Å²) in [6.07, 6.45) is -0.127. The molecular weight excluding hydrogens is 316 g/mol. The van der Waals surface area contributed by atoms with Crippen molar-refractivity contribution < 1.29 is 9.90 Å². The highest BCUT2D eigenvalue weighted by Gasteiger charge is 2.27. The molecule has 0 saturated carbocycles. The van der Waals surface area contributed by atoms with E-state index >= 15 is 0 Å². The summed E-state index contributed by atoms with van der Waals surface area (Å²) in [6.45, 7) is 6.06. The van der Waals surface area contributed by atoms with E-state index in [4.69, 9.17) is 5.26 Å². The van der Waals surface area contributed by atoms with E-state index in [0.717, 1.165) is 25.2 Å². The van der Waals surface area contributed by atoms with Crippen molar-refractivity contribution in [2.75, 3.05) is 46.3 Å². The molecule has 1 N–H and O–H groups in total. The molecule has 1 heterocycles. The fourth-order valence-electron chi connectivity index (χ4n) is 3.14. The molecule has 1 aliphatic rings. The second kappa shape index (κ2) is 9.52. The third kappa shape index (κ3) is 5.82. The van der Waals surface area contributed by atoms with E-state index in [-0.39, 0.29) is 11.9 Å². The minimum Gasteiger partial charge on any atom is -0.387 e. The molecule has 1 saturated heterocycles. The van der Waals surface area contributed by atoms with Gasteiger partial charge in [-0.25, -0.2) is 0 Å². The third-order valence-corrected chi connectivity index (χ3v) is 4.78. The van der Waals surface area contributed by atoms with Crippen LogP contribution >= 0.6 is 0 Å². The maximum absolute atomic E-state index is 12.2. The molecule has 0 radical (unpaired) electrons. The lowest BCUT2D eigenvalue weighted by molar-refractivity contribution is -0.131. The van der Waals surface area contributed by atoms with Gasteiger partial charge < -0.3 is 10.0 Å². The number of amides is 1. The number of hydrogen-bond acceptors (Lipinski definition) is 5. The molecule has 25 heavy (non-hydrogen) atoms. The van der Waals surface area contributed by atoms with E-state index in [0.29, 0.717) is 26.1 Å². The average Bonchev–Trinajstić information content (AvgIpc) is 2.62. The summed E-state index contributed by atoms with van der Waals surface area (Å²) in [5.74, 6) is 0.0558. The molecule has 1 aliphatic heterocycles. The van der Waals surface area contributed by atoms with Gasteiger partial charge in [-0.05, 0) is 12.5 Å². The maximum atomic E-state index is 12.2. The first-order valence-electron chi connectivity index (χ1n) is 8.81. The molecule has 2 unspecified atom stereocenters. The van der Waals surface area contributed by atoms with Gasteiger partial charge in [-0.1, -0.05) is 30.3 Å². The summed E-state index contributed by atoms with van der Waals surface area (Å²) in [5.41, 5.74) is 0.937. The van der Waals surface area contributed by atoms with Gasteiger partial charge in [0.05, 0.1) is 25.1 Å². The Morgan fingerprint density at radius 1 is 1.40 bits per heavy atom. The predicted molar refractivity (Wildman–Crippen MR) is 96.7 cm³/mol. The highest BCUT2D eigenvalue weighted by molar-refractivity contribution is 5.78. The van der Waals surface area contributed by atoms with Crippen molar-refractivity contribution in [2.45, 2.75) is 25.5 Å². The van der Waals surface area contributed by atoms with Gasteiger partial charge >= 0.3 is 0 Å². The molecule has 0 aromatic heterocycles. The number of carbonyl (C=O) groups excluding carboxylic acids is 1. The lowest BCUT2D eigenvalue weighted by atomic mass is 10.1. The zero-order valence-corrected chi connectivity index (χ0v) is 15.1. The van der Waals surface area contributed by atoms with Gasteiger partial charge in [-0.15, -0.1) is 0 Å². The second-order valence-corrected chi connectivity index (χ2v) is 6.73. The van der Waals surface area contributed by atoms with Crippen LogP contribution < -0.4 is 0 Å². The number of rotatable bonds is 7. The van der Waals surface area contributed by atoms with Crippen molar-refractivity contribution in [3.8, 4) is 6.07 Å². The Labute approximate surface area is 150 Å². The van der Waals surface area contributed by atoms with Crippen LogP contribution in [0.1, 0.15) is 25.0 Å². The first-order valence-corrected chi connectivity index (χ1v) is 8.81. The zero-order valence-electron chi connectivity index (χ0n) is 15.1. The lowest BCUT2D eigenvalue weighted by Gasteiger charge is -2.40. The molecular formula is C19H28N4O2. The number of β-amino-alcohol motifs (C(OH)–C–C–N with tert-alkyl or cyclic N) is 1. The van der Waals surface area contributed by atoms with Gasteiger partial charge in [0, 0.05) is 45.8 Å². The van der Waals surface area contributed by atoms with E-state index < -0.39 is 6.10 Å². The van der Waals surface area contributed by atoms with Crippen molar-refractivity contribution in [2.24, 2.45) is 0 Å². The Balaban J connectivity index is 1.80. The summed E-state index contributed by atoms with van der Waals surface area (Å²) in [7, 11) is 1.75. The highest BCUT2D eigenvalue weighted by Crippen LogP contribution is 2.17. The maximum Gasteiger partial charge on any atom is 0.236 e. The molecule has 1 amide bonds. The number of nitriles is 1. The van der Waals surface area contributed by atoms with Gasteiger partial charge in [0.25, 0.3) is 0 Å². The monoisotopic (exact) mass is 344 g/mol. The van der Waals surface area contributed by atoms with Crippen LogP contribution in [0.15, 0.2) is 30.3 Å². The van der Waals surface area contributed by atoms with Gasteiger partial charge in [0.1, 0.15) is 0 Å². The minimum atomic E-state index is -0.492. The van der Waals surface area contributed by atoms with Crippen LogP contribution in [0.5, 0.6) is 0 Å². The van der Waals surface area contributed by atoms with Crippen molar-refractivity contribution in [3.05, 3.63) is 35.9 Å². The van der Waals surface area contributed by atoms with Crippen molar-refractivity contribution in [3.63, 3.8) is 0 Å². The van der Waals surface area contributed by atoms with E-state index in [1.54, 1.807) is 11.9 Å². The quantitative estimate of drug-likeness (QED) is 0.802. The number of benzene rings is 1. The molecule has 0 aliphatic carbocycles. The lowest BCUT2D eigenvalue weighted by Crippen LogP contribution is -2.54. The molecule has 2 atom stereocenters. The second-order valence-electron chi connectivity index (χ2n) is 6.73. The molecule has 0 bridgehead atoms. The fourth-order valence-corrected chi connectivity index (χ4v) is 3.14. The van der Waals surface area contributed by atoms with E-state index in [9.17, 15) is 9.90 Å². The van der Waals surface area contributed by atoms with E-state index in [1.807, 2.05) is 30.3 Å². The van der Waals surface area contributed by atoms with Gasteiger partial charge in [-0.2, -0.15) is 5.26 Å². The Morgan fingerprint density at radius 3 is 2.76 bits per heavy atom. The zero-order chi connectivity index (χ0) is 18.2. The molecule has 6 nitrogen and oxygen atoms in total. The molecule has 1 fully saturated rings. The smallest absolute Gasteiger partial charge is 0.236 e. The molecule has 1 aromatic carbocycles. The Bertz CT molecular complexity index is 587. The summed E-state index contributed by atoms with van der Waals surface area (Å²) in [4.78, 5) is 18.2. The Hall–Kier alpha value is -1.94. The van der Waals surface area contributed by atoms with E-state index in [2.05, 4.69) is 22.8 Å². The molecule has 2 rings (SSSR count). The normalized spacial score (nSPS) is 20.0. The third-order valence-electron chi connectivity index (χ3n) is 4.78. The number of piperazine rings is 1. The SMILES string of the molecule is CC1CN(CC(=O)N(C)CCC#N)CCN1CC(O)c1ccccc1. The Kier molecular flexibility index (Phi) is 7.38. The number of aliphatic hydroxyl groups excluding tert-OH is 1. The summed E-state index contributed by atoms with van der Waals surface area (Å²) in [6, 6.07) is 12.1. The summed E-state index contributed by atoms with van der Waals surface area (Å²) >= 11 is 0. The predicted octanol–water partition coefficient (Wildman–Crippen LogP) is 1.10. The molecule has 0 spiro atoms. The largest absolute Gasteiger partial charge is 0.387 e. The molecule has 1 aromatic rings. The fraction of sp³-hybridized carbons (Fsp3) is 0.579. The van der Waals surface area contributed by atoms with Crippen LogP contribution in [-0.4, -0.2) is 78.1 Å². The van der Waals surface area contributed by atoms with Gasteiger partial charge in [0.15, 0.2) is 0 Å². The molecule has 136 valence electrons. The van der Waals surface area contributed by atoms with Crippen LogP contribution in [0.2, 0.25) is 0 Å². The standard InChI is InChI=1S/C19H28N4O2/c1-16-13-22(15-19(25)21(2)10-6-9-20)11-12-23(16)14-18(24)17-7-4-3-5-8-17/h3-5,7-8,16,18,24H,6,10-15H2,1-2H3. The topological polar surface area (TPSA) is 70.8 Å². The minimum absolute atomic E-state index is 0.0558.